The second-order valence-electron chi connectivity index (χ2n) is 8.67. The summed E-state index contributed by atoms with van der Waals surface area (Å²) in [5, 5.41) is 4.90. The number of nitrogens with zero attached hydrogens (tertiary/aromatic N) is 1. The topological polar surface area (TPSA) is 57.8 Å². The Morgan fingerprint density at radius 2 is 1.82 bits per heavy atom. The van der Waals surface area contributed by atoms with Crippen molar-refractivity contribution in [3.05, 3.63) is 101 Å². The van der Waals surface area contributed by atoms with Crippen molar-refractivity contribution in [3.8, 4) is 11.4 Å². The van der Waals surface area contributed by atoms with Crippen molar-refractivity contribution in [2.75, 3.05) is 0 Å². The lowest BCUT2D eigenvalue weighted by Crippen LogP contribution is -2.22. The van der Waals surface area contributed by atoms with Crippen molar-refractivity contribution >= 4 is 27.7 Å². The number of carbonyl (C=O) groups is 1. The predicted octanol–water partition coefficient (Wildman–Crippen LogP) is 6.47. The van der Waals surface area contributed by atoms with Crippen LogP contribution < -0.4 is 5.32 Å². The minimum Gasteiger partial charge on any atom is -0.353 e. The molecule has 0 saturated heterocycles. The van der Waals surface area contributed by atoms with Crippen LogP contribution in [-0.4, -0.2) is 15.9 Å². The van der Waals surface area contributed by atoms with Gasteiger partial charge in [-0.15, -0.1) is 0 Å². The maximum absolute atomic E-state index is 14.1. The number of benzene rings is 3. The number of halogens is 1. The first-order valence-corrected chi connectivity index (χ1v) is 11.6. The molecule has 2 aromatic heterocycles. The largest absolute Gasteiger partial charge is 0.353 e. The second-order valence-corrected chi connectivity index (χ2v) is 8.67. The van der Waals surface area contributed by atoms with E-state index in [-0.39, 0.29) is 11.7 Å². The first-order valence-electron chi connectivity index (χ1n) is 11.6. The Balaban J connectivity index is 1.34. The van der Waals surface area contributed by atoms with Crippen LogP contribution in [0.3, 0.4) is 0 Å². The number of hydrogen-bond acceptors (Lipinski definition) is 2. The van der Waals surface area contributed by atoms with Crippen molar-refractivity contribution in [1.29, 1.82) is 0 Å². The molecule has 1 amide bonds. The van der Waals surface area contributed by atoms with E-state index in [0.717, 1.165) is 44.3 Å². The highest BCUT2D eigenvalue weighted by Crippen LogP contribution is 2.32. The summed E-state index contributed by atoms with van der Waals surface area (Å²) in [5.74, 6) is -0.265. The number of amides is 1. The first kappa shape index (κ1) is 21.8. The maximum atomic E-state index is 14.1. The van der Waals surface area contributed by atoms with E-state index >= 15 is 0 Å². The van der Waals surface area contributed by atoms with Gasteiger partial charge in [-0.2, -0.15) is 0 Å². The summed E-state index contributed by atoms with van der Waals surface area (Å²) in [6.45, 7) is 2.56. The lowest BCUT2D eigenvalue weighted by atomic mass is 10.0. The Bertz CT molecular complexity index is 1470. The fraction of sp³-hybridized carbons (Fsp3) is 0.172. The van der Waals surface area contributed by atoms with Crippen LogP contribution in [-0.2, 0) is 17.8 Å². The van der Waals surface area contributed by atoms with E-state index in [0.29, 0.717) is 25.8 Å². The number of aromatic amines is 1. The van der Waals surface area contributed by atoms with Crippen LogP contribution >= 0.6 is 0 Å². The molecule has 0 radical (unpaired) electrons. The van der Waals surface area contributed by atoms with Gasteiger partial charge in [0.15, 0.2) is 0 Å². The molecule has 170 valence electrons. The van der Waals surface area contributed by atoms with Crippen LogP contribution in [0.15, 0.2) is 78.9 Å². The summed E-state index contributed by atoms with van der Waals surface area (Å²) >= 11 is 0. The van der Waals surface area contributed by atoms with E-state index in [1.165, 1.54) is 11.6 Å². The predicted molar refractivity (Wildman–Crippen MR) is 135 cm³/mol. The van der Waals surface area contributed by atoms with Crippen molar-refractivity contribution in [2.24, 2.45) is 0 Å². The Morgan fingerprint density at radius 3 is 2.68 bits per heavy atom. The van der Waals surface area contributed by atoms with Crippen LogP contribution in [0.25, 0.3) is 33.2 Å². The molecule has 0 spiro atoms. The van der Waals surface area contributed by atoms with Gasteiger partial charge < -0.3 is 10.3 Å². The summed E-state index contributed by atoms with van der Waals surface area (Å²) in [6.07, 6.45) is 1.70. The highest BCUT2D eigenvalue weighted by atomic mass is 19.1. The molecular weight excluding hydrogens is 425 g/mol. The first-order chi connectivity index (χ1) is 16.6. The number of pyridine rings is 1. The molecule has 34 heavy (non-hydrogen) atoms. The molecular formula is C29H26FN3O. The molecule has 2 heterocycles. The molecule has 5 rings (SSSR count). The van der Waals surface area contributed by atoms with Crippen molar-refractivity contribution in [2.45, 2.75) is 32.7 Å². The molecule has 0 saturated carbocycles. The lowest BCUT2D eigenvalue weighted by molar-refractivity contribution is -0.121. The average molecular weight is 452 g/mol. The van der Waals surface area contributed by atoms with Crippen LogP contribution in [0, 0.1) is 12.7 Å². The molecule has 0 aliphatic rings. The van der Waals surface area contributed by atoms with Gasteiger partial charge in [0.2, 0.25) is 5.91 Å². The number of nitrogens with one attached hydrogen (secondary N) is 2. The molecule has 2 N–H and O–H groups in total. The van der Waals surface area contributed by atoms with Crippen LogP contribution in [0.2, 0.25) is 0 Å². The van der Waals surface area contributed by atoms with Gasteiger partial charge in [-0.1, -0.05) is 54.1 Å². The Kier molecular flexibility index (Phi) is 6.09. The Labute approximate surface area is 197 Å². The van der Waals surface area contributed by atoms with Gasteiger partial charge in [0.1, 0.15) is 5.82 Å². The van der Waals surface area contributed by atoms with Crippen LogP contribution in [0.4, 0.5) is 4.39 Å². The summed E-state index contributed by atoms with van der Waals surface area (Å²) < 4.78 is 14.1. The number of fused-ring (bicyclic) bond motifs is 2. The maximum Gasteiger partial charge on any atom is 0.220 e. The molecule has 0 fully saturated rings. The number of carbonyl (C=O) groups excluding carboxylic acids is 1. The monoisotopic (exact) mass is 451 g/mol. The van der Waals surface area contributed by atoms with Gasteiger partial charge >= 0.3 is 0 Å². The molecule has 0 atom stereocenters. The van der Waals surface area contributed by atoms with Gasteiger partial charge in [0.05, 0.1) is 16.9 Å². The van der Waals surface area contributed by atoms with E-state index in [1.54, 1.807) is 12.1 Å². The van der Waals surface area contributed by atoms with Crippen molar-refractivity contribution < 1.29 is 9.18 Å². The quantitative estimate of drug-likeness (QED) is 0.298. The normalized spacial score (nSPS) is 11.2. The third-order valence-corrected chi connectivity index (χ3v) is 6.16. The number of aryl methyl sites for hydroxylation is 2. The van der Waals surface area contributed by atoms with Gasteiger partial charge in [-0.3, -0.25) is 4.79 Å². The zero-order valence-corrected chi connectivity index (χ0v) is 19.1. The zero-order chi connectivity index (χ0) is 23.5. The van der Waals surface area contributed by atoms with Crippen LogP contribution in [0.1, 0.15) is 29.5 Å². The fourth-order valence-electron chi connectivity index (χ4n) is 4.32. The molecule has 0 bridgehead atoms. The average Bonchev–Trinajstić information content (AvgIpc) is 3.21. The third kappa shape index (κ3) is 4.69. The highest BCUT2D eigenvalue weighted by molar-refractivity contribution is 5.91. The molecule has 0 unspecified atom stereocenters. The van der Waals surface area contributed by atoms with Crippen LogP contribution in [0.5, 0.6) is 0 Å². The van der Waals surface area contributed by atoms with Crippen molar-refractivity contribution in [3.63, 3.8) is 0 Å². The number of para-hydroxylation sites is 1. The fourth-order valence-corrected chi connectivity index (χ4v) is 4.32. The minimum atomic E-state index is -0.276. The molecule has 0 aliphatic carbocycles. The number of hydrogen-bond donors (Lipinski definition) is 2. The molecule has 5 aromatic rings. The number of H-pyrrole nitrogens is 1. The number of aromatic nitrogens is 2. The van der Waals surface area contributed by atoms with Crippen molar-refractivity contribution in [1.82, 2.24) is 15.3 Å². The number of rotatable bonds is 7. The molecule has 5 heteroatoms. The molecule has 4 nitrogen and oxygen atoms in total. The smallest absolute Gasteiger partial charge is 0.220 e. The van der Waals surface area contributed by atoms with E-state index in [4.69, 9.17) is 4.98 Å². The second kappa shape index (κ2) is 9.48. The summed E-state index contributed by atoms with van der Waals surface area (Å²) in [6, 6.07) is 24.9. The lowest BCUT2D eigenvalue weighted by Gasteiger charge is -2.08. The van der Waals surface area contributed by atoms with E-state index < -0.39 is 0 Å². The third-order valence-electron chi connectivity index (χ3n) is 6.16. The standard InChI is InChI=1S/C29H26FN3O/c1-19-9-11-20(12-10-19)18-31-28(34)8-4-6-23-24-17-22(30)14-16-26(24)33-29(23)27-15-13-21-5-2-3-7-25(21)32-27/h2-3,5,7,9-17,33H,4,6,8,18H2,1H3,(H,31,34). The Hall–Kier alpha value is -3.99. The van der Waals surface area contributed by atoms with E-state index in [9.17, 15) is 9.18 Å². The molecule has 0 aliphatic heterocycles. The van der Waals surface area contributed by atoms with E-state index in [1.807, 2.05) is 67.6 Å². The minimum absolute atomic E-state index is 0.0111. The zero-order valence-electron chi connectivity index (χ0n) is 19.1. The highest BCUT2D eigenvalue weighted by Gasteiger charge is 2.16. The van der Waals surface area contributed by atoms with E-state index in [2.05, 4.69) is 10.3 Å². The Morgan fingerprint density at radius 1 is 1.00 bits per heavy atom. The van der Waals surface area contributed by atoms with Gasteiger partial charge in [-0.05, 0) is 61.2 Å². The molecule has 3 aromatic carbocycles. The van der Waals surface area contributed by atoms with Gasteiger partial charge in [-0.25, -0.2) is 9.37 Å². The summed E-state index contributed by atoms with van der Waals surface area (Å²) in [5.41, 5.74) is 6.73. The summed E-state index contributed by atoms with van der Waals surface area (Å²) in [7, 11) is 0. The summed E-state index contributed by atoms with van der Waals surface area (Å²) in [4.78, 5) is 20.7. The van der Waals surface area contributed by atoms with Gasteiger partial charge in [0, 0.05) is 29.3 Å². The SMILES string of the molecule is Cc1ccc(CNC(=O)CCCc2c(-c3ccc4ccccc4n3)[nH]c3ccc(F)cc23)cc1. The van der Waals surface area contributed by atoms with Gasteiger partial charge in [0.25, 0.3) is 0 Å².